The van der Waals surface area contributed by atoms with Gasteiger partial charge in [0.25, 0.3) is 0 Å². The Bertz CT molecular complexity index is 254. The van der Waals surface area contributed by atoms with Crippen LogP contribution in [-0.4, -0.2) is 38.3 Å². The Labute approximate surface area is 104 Å². The van der Waals surface area contributed by atoms with E-state index in [0.717, 1.165) is 25.8 Å². The average molecular weight is 242 g/mol. The maximum atomic E-state index is 12.2. The van der Waals surface area contributed by atoms with Crippen molar-refractivity contribution in [2.24, 2.45) is 5.41 Å². The molecule has 0 aromatic rings. The Kier molecular flexibility index (Phi) is 5.40. The third-order valence-corrected chi connectivity index (χ3v) is 3.53. The van der Waals surface area contributed by atoms with Gasteiger partial charge in [-0.05, 0) is 38.1 Å². The van der Waals surface area contributed by atoms with Crippen molar-refractivity contribution in [3.63, 3.8) is 0 Å². The summed E-state index contributed by atoms with van der Waals surface area (Å²) in [4.78, 5) is 12.2. The number of hydrogen-bond donors (Lipinski definition) is 2. The maximum Gasteiger partial charge on any atom is 0.237 e. The molecular weight excluding hydrogens is 216 g/mol. The molecule has 1 heterocycles. The quantitative estimate of drug-likeness (QED) is 0.764. The number of nitrogens with one attached hydrogen (secondary N) is 2. The Morgan fingerprint density at radius 2 is 2.29 bits per heavy atom. The molecule has 2 N–H and O–H groups in total. The molecule has 1 aliphatic rings. The molecule has 0 saturated carbocycles. The zero-order valence-corrected chi connectivity index (χ0v) is 11.5. The summed E-state index contributed by atoms with van der Waals surface area (Å²) in [6.45, 7) is 7.95. The van der Waals surface area contributed by atoms with E-state index >= 15 is 0 Å². The van der Waals surface area contributed by atoms with Crippen LogP contribution in [0.5, 0.6) is 0 Å². The molecule has 0 aliphatic carbocycles. The van der Waals surface area contributed by atoms with Crippen molar-refractivity contribution in [3.05, 3.63) is 0 Å². The van der Waals surface area contributed by atoms with Gasteiger partial charge in [0, 0.05) is 19.8 Å². The zero-order chi connectivity index (χ0) is 12.9. The first-order chi connectivity index (χ1) is 7.97. The van der Waals surface area contributed by atoms with Crippen molar-refractivity contribution < 1.29 is 9.53 Å². The zero-order valence-electron chi connectivity index (χ0n) is 11.5. The summed E-state index contributed by atoms with van der Waals surface area (Å²) in [6.07, 6.45) is 3.11. The van der Waals surface area contributed by atoms with E-state index in [9.17, 15) is 4.79 Å². The lowest BCUT2D eigenvalue weighted by atomic mass is 9.77. The van der Waals surface area contributed by atoms with Crippen LogP contribution < -0.4 is 10.6 Å². The number of amides is 1. The molecule has 1 saturated heterocycles. The van der Waals surface area contributed by atoms with Gasteiger partial charge in [0.05, 0.1) is 6.04 Å². The van der Waals surface area contributed by atoms with Crippen LogP contribution in [-0.2, 0) is 9.53 Å². The van der Waals surface area contributed by atoms with Crippen molar-refractivity contribution in [3.8, 4) is 0 Å². The SMILES string of the molecule is COCCC(C)NC(=O)C1NCCCC1(C)C. The fraction of sp³-hybridized carbons (Fsp3) is 0.923. The fourth-order valence-corrected chi connectivity index (χ4v) is 2.35. The van der Waals surface area contributed by atoms with Crippen molar-refractivity contribution in [1.29, 1.82) is 0 Å². The smallest absolute Gasteiger partial charge is 0.237 e. The molecule has 1 aliphatic heterocycles. The fourth-order valence-electron chi connectivity index (χ4n) is 2.35. The van der Waals surface area contributed by atoms with Gasteiger partial charge < -0.3 is 15.4 Å². The highest BCUT2D eigenvalue weighted by atomic mass is 16.5. The van der Waals surface area contributed by atoms with E-state index < -0.39 is 0 Å². The Morgan fingerprint density at radius 1 is 1.59 bits per heavy atom. The van der Waals surface area contributed by atoms with Gasteiger partial charge in [-0.2, -0.15) is 0 Å². The highest BCUT2D eigenvalue weighted by Gasteiger charge is 2.37. The molecule has 17 heavy (non-hydrogen) atoms. The number of hydrogen-bond acceptors (Lipinski definition) is 3. The van der Waals surface area contributed by atoms with Gasteiger partial charge in [-0.15, -0.1) is 0 Å². The van der Waals surface area contributed by atoms with Crippen LogP contribution in [0.25, 0.3) is 0 Å². The van der Waals surface area contributed by atoms with Gasteiger partial charge in [-0.3, -0.25) is 4.79 Å². The predicted molar refractivity (Wildman–Crippen MR) is 68.9 cm³/mol. The first-order valence-corrected chi connectivity index (χ1v) is 6.50. The molecule has 1 fully saturated rings. The number of ether oxygens (including phenoxy) is 1. The van der Waals surface area contributed by atoms with E-state index in [2.05, 4.69) is 24.5 Å². The van der Waals surface area contributed by atoms with Gasteiger partial charge >= 0.3 is 0 Å². The maximum absolute atomic E-state index is 12.2. The van der Waals surface area contributed by atoms with Crippen molar-refractivity contribution in [1.82, 2.24) is 10.6 Å². The molecular formula is C13H26N2O2. The molecule has 100 valence electrons. The normalized spacial score (nSPS) is 25.3. The topological polar surface area (TPSA) is 50.4 Å². The van der Waals surface area contributed by atoms with E-state index in [1.165, 1.54) is 0 Å². The van der Waals surface area contributed by atoms with E-state index in [1.807, 2.05) is 6.92 Å². The molecule has 0 spiro atoms. The molecule has 0 radical (unpaired) electrons. The number of carbonyl (C=O) groups is 1. The van der Waals surface area contributed by atoms with Crippen LogP contribution >= 0.6 is 0 Å². The van der Waals surface area contributed by atoms with Crippen LogP contribution in [0.15, 0.2) is 0 Å². The van der Waals surface area contributed by atoms with E-state index in [4.69, 9.17) is 4.74 Å². The predicted octanol–water partition coefficient (Wildman–Crippen LogP) is 1.31. The monoisotopic (exact) mass is 242 g/mol. The van der Waals surface area contributed by atoms with Crippen molar-refractivity contribution in [2.75, 3.05) is 20.3 Å². The first kappa shape index (κ1) is 14.5. The standard InChI is InChI=1S/C13H26N2O2/c1-10(6-9-17-4)15-12(16)11-13(2,3)7-5-8-14-11/h10-11,14H,5-9H2,1-4H3,(H,15,16). The summed E-state index contributed by atoms with van der Waals surface area (Å²) in [6, 6.07) is 0.100. The minimum absolute atomic E-state index is 0.0450. The van der Waals surface area contributed by atoms with Crippen LogP contribution in [0.3, 0.4) is 0 Å². The second-order valence-corrected chi connectivity index (χ2v) is 5.67. The molecule has 2 atom stereocenters. The second kappa shape index (κ2) is 6.36. The Morgan fingerprint density at radius 3 is 2.88 bits per heavy atom. The third kappa shape index (κ3) is 4.28. The molecule has 1 rings (SSSR count). The van der Waals surface area contributed by atoms with Crippen molar-refractivity contribution in [2.45, 2.75) is 52.1 Å². The Balaban J connectivity index is 2.45. The van der Waals surface area contributed by atoms with Gasteiger partial charge in [-0.1, -0.05) is 13.8 Å². The lowest BCUT2D eigenvalue weighted by Gasteiger charge is -2.38. The second-order valence-electron chi connectivity index (χ2n) is 5.67. The molecule has 0 aromatic heterocycles. The first-order valence-electron chi connectivity index (χ1n) is 6.50. The van der Waals surface area contributed by atoms with E-state index in [-0.39, 0.29) is 23.4 Å². The summed E-state index contributed by atoms with van der Waals surface area (Å²) in [5, 5.41) is 6.39. The molecule has 1 amide bonds. The summed E-state index contributed by atoms with van der Waals surface area (Å²) in [5.74, 6) is 0.123. The Hall–Kier alpha value is -0.610. The average Bonchev–Trinajstić information content (AvgIpc) is 2.25. The van der Waals surface area contributed by atoms with Gasteiger partial charge in [0.1, 0.15) is 0 Å². The summed E-state index contributed by atoms with van der Waals surface area (Å²) >= 11 is 0. The minimum atomic E-state index is -0.0683. The van der Waals surface area contributed by atoms with Crippen LogP contribution in [0.1, 0.15) is 40.0 Å². The van der Waals surface area contributed by atoms with Crippen LogP contribution in [0, 0.1) is 5.41 Å². The van der Waals surface area contributed by atoms with Crippen molar-refractivity contribution >= 4 is 5.91 Å². The number of methoxy groups -OCH3 is 1. The summed E-state index contributed by atoms with van der Waals surface area (Å²) < 4.78 is 5.01. The van der Waals surface area contributed by atoms with E-state index in [1.54, 1.807) is 7.11 Å². The number of carbonyl (C=O) groups excluding carboxylic acids is 1. The van der Waals surface area contributed by atoms with Crippen LogP contribution in [0.4, 0.5) is 0 Å². The van der Waals surface area contributed by atoms with Gasteiger partial charge in [0.2, 0.25) is 5.91 Å². The van der Waals surface area contributed by atoms with E-state index in [0.29, 0.717) is 6.61 Å². The molecule has 0 bridgehead atoms. The molecule has 4 heteroatoms. The summed E-state index contributed by atoms with van der Waals surface area (Å²) in [5.41, 5.74) is 0.0450. The third-order valence-electron chi connectivity index (χ3n) is 3.53. The highest BCUT2D eigenvalue weighted by Crippen LogP contribution is 2.30. The number of rotatable bonds is 5. The molecule has 0 aromatic carbocycles. The lowest BCUT2D eigenvalue weighted by molar-refractivity contribution is -0.127. The molecule has 2 unspecified atom stereocenters. The minimum Gasteiger partial charge on any atom is -0.385 e. The van der Waals surface area contributed by atoms with Crippen LogP contribution in [0.2, 0.25) is 0 Å². The highest BCUT2D eigenvalue weighted by molar-refractivity contribution is 5.83. The largest absolute Gasteiger partial charge is 0.385 e. The summed E-state index contributed by atoms with van der Waals surface area (Å²) in [7, 11) is 1.68. The van der Waals surface area contributed by atoms with Gasteiger partial charge in [-0.25, -0.2) is 0 Å². The molecule has 4 nitrogen and oxygen atoms in total. The lowest BCUT2D eigenvalue weighted by Crippen LogP contribution is -2.56. The van der Waals surface area contributed by atoms with Gasteiger partial charge in [0.15, 0.2) is 0 Å². The number of piperidine rings is 1.